The van der Waals surface area contributed by atoms with Crippen LogP contribution in [-0.4, -0.2) is 36.2 Å². The molecule has 2 aromatic rings. The molecule has 0 aromatic heterocycles. The molecule has 6 heteroatoms. The molecule has 0 fully saturated rings. The van der Waals surface area contributed by atoms with Crippen molar-refractivity contribution < 1.29 is 13.2 Å². The summed E-state index contributed by atoms with van der Waals surface area (Å²) in [5, 5.41) is 0. The minimum Gasteiger partial charge on any atom is -0.496 e. The highest BCUT2D eigenvalue weighted by atomic mass is 32.2. The topological polar surface area (TPSA) is 58.6 Å². The van der Waals surface area contributed by atoms with Gasteiger partial charge in [0.15, 0.2) is 0 Å². The van der Waals surface area contributed by atoms with Gasteiger partial charge in [0.1, 0.15) is 5.75 Å². The summed E-state index contributed by atoms with van der Waals surface area (Å²) >= 11 is 0. The summed E-state index contributed by atoms with van der Waals surface area (Å²) in [5.41, 5.74) is 3.68. The number of anilines is 1. The number of nitrogens with zero attached hydrogens (tertiary/aromatic N) is 1. The number of hydrogen-bond donors (Lipinski definition) is 1. The second kappa shape index (κ2) is 7.89. The van der Waals surface area contributed by atoms with Crippen molar-refractivity contribution in [2.45, 2.75) is 25.2 Å². The van der Waals surface area contributed by atoms with E-state index in [4.69, 9.17) is 4.74 Å². The Hall–Kier alpha value is -2.05. The van der Waals surface area contributed by atoms with E-state index >= 15 is 0 Å². The van der Waals surface area contributed by atoms with E-state index in [1.165, 1.54) is 0 Å². The summed E-state index contributed by atoms with van der Waals surface area (Å²) in [4.78, 5) is 2.33. The van der Waals surface area contributed by atoms with E-state index in [0.29, 0.717) is 29.2 Å². The Bertz CT molecular complexity index is 828. The quantitative estimate of drug-likeness (QED) is 0.823. The van der Waals surface area contributed by atoms with E-state index in [-0.39, 0.29) is 0 Å². The minimum atomic E-state index is -3.54. The van der Waals surface area contributed by atoms with Gasteiger partial charge in [-0.3, -0.25) is 0 Å². The molecule has 0 bridgehead atoms. The highest BCUT2D eigenvalue weighted by Crippen LogP contribution is 2.25. The molecular formula is C19H26N2O3S. The van der Waals surface area contributed by atoms with E-state index < -0.39 is 10.0 Å². The molecule has 5 nitrogen and oxygen atoms in total. The maximum atomic E-state index is 12.6. The molecular weight excluding hydrogens is 336 g/mol. The Balaban J connectivity index is 2.05. The van der Waals surface area contributed by atoms with Crippen molar-refractivity contribution in [3.05, 3.63) is 53.1 Å². The van der Waals surface area contributed by atoms with Crippen molar-refractivity contribution in [1.29, 1.82) is 0 Å². The van der Waals surface area contributed by atoms with Crippen molar-refractivity contribution in [3.8, 4) is 5.75 Å². The fourth-order valence-electron chi connectivity index (χ4n) is 2.64. The smallest absolute Gasteiger partial charge is 0.240 e. The number of benzene rings is 2. The predicted molar refractivity (Wildman–Crippen MR) is 102 cm³/mol. The van der Waals surface area contributed by atoms with Crippen molar-refractivity contribution in [1.82, 2.24) is 4.72 Å². The number of aryl methyl sites for hydroxylation is 2. The Kier molecular flexibility index (Phi) is 6.08. The molecule has 2 rings (SSSR count). The first kappa shape index (κ1) is 19.3. The van der Waals surface area contributed by atoms with E-state index in [9.17, 15) is 8.42 Å². The zero-order valence-electron chi connectivity index (χ0n) is 15.5. The molecule has 0 unspecified atom stereocenters. The van der Waals surface area contributed by atoms with Crippen molar-refractivity contribution in [2.75, 3.05) is 32.6 Å². The molecule has 1 N–H and O–H groups in total. The molecule has 2 aromatic carbocycles. The number of sulfonamides is 1. The predicted octanol–water partition coefficient (Wildman–Crippen LogP) is 2.90. The number of hydrogen-bond acceptors (Lipinski definition) is 4. The summed E-state index contributed by atoms with van der Waals surface area (Å²) in [7, 11) is 2.01. The first-order valence-corrected chi connectivity index (χ1v) is 9.64. The van der Waals surface area contributed by atoms with Crippen LogP contribution in [0, 0.1) is 13.8 Å². The van der Waals surface area contributed by atoms with Crippen LogP contribution >= 0.6 is 0 Å². The van der Waals surface area contributed by atoms with Gasteiger partial charge in [0.2, 0.25) is 10.0 Å². The molecule has 0 aliphatic carbocycles. The first-order chi connectivity index (χ1) is 11.7. The highest BCUT2D eigenvalue weighted by Gasteiger charge is 2.18. The normalized spacial score (nSPS) is 11.4. The third-order valence-corrected chi connectivity index (χ3v) is 5.74. The second-order valence-electron chi connectivity index (χ2n) is 6.30. The molecule has 0 saturated heterocycles. The molecule has 0 aliphatic rings. The van der Waals surface area contributed by atoms with Gasteiger partial charge in [0.05, 0.1) is 12.0 Å². The van der Waals surface area contributed by atoms with E-state index in [0.717, 1.165) is 16.8 Å². The maximum absolute atomic E-state index is 12.6. The molecule has 0 heterocycles. The molecule has 0 spiro atoms. The number of rotatable bonds is 7. The zero-order valence-corrected chi connectivity index (χ0v) is 16.3. The van der Waals surface area contributed by atoms with Crippen LogP contribution in [0.15, 0.2) is 41.3 Å². The summed E-state index contributed by atoms with van der Waals surface area (Å²) in [5.74, 6) is 0.692. The van der Waals surface area contributed by atoms with Gasteiger partial charge in [0, 0.05) is 26.3 Å². The van der Waals surface area contributed by atoms with E-state index in [1.54, 1.807) is 26.2 Å². The van der Waals surface area contributed by atoms with Crippen LogP contribution in [0.5, 0.6) is 5.75 Å². The SMILES string of the molecule is COc1cc(C)c(S(=O)(=O)NCCc2ccc(N(C)C)cc2)cc1C. The molecule has 0 saturated carbocycles. The van der Waals surface area contributed by atoms with Gasteiger partial charge in [-0.05, 0) is 61.2 Å². The molecule has 25 heavy (non-hydrogen) atoms. The van der Waals surface area contributed by atoms with Crippen molar-refractivity contribution in [2.24, 2.45) is 0 Å². The lowest BCUT2D eigenvalue weighted by atomic mass is 10.1. The number of methoxy groups -OCH3 is 1. The number of nitrogens with one attached hydrogen (secondary N) is 1. The Morgan fingerprint density at radius 2 is 1.68 bits per heavy atom. The average Bonchev–Trinajstić information content (AvgIpc) is 2.56. The van der Waals surface area contributed by atoms with Gasteiger partial charge in [-0.2, -0.15) is 0 Å². The van der Waals surface area contributed by atoms with Crippen LogP contribution in [0.4, 0.5) is 5.69 Å². The molecule has 0 atom stereocenters. The minimum absolute atomic E-state index is 0.300. The lowest BCUT2D eigenvalue weighted by molar-refractivity contribution is 0.411. The summed E-state index contributed by atoms with van der Waals surface area (Å²) in [6.45, 7) is 3.97. The van der Waals surface area contributed by atoms with E-state index in [2.05, 4.69) is 4.72 Å². The monoisotopic (exact) mass is 362 g/mol. The van der Waals surface area contributed by atoms with Crippen LogP contribution < -0.4 is 14.4 Å². The van der Waals surface area contributed by atoms with Crippen LogP contribution in [0.2, 0.25) is 0 Å². The van der Waals surface area contributed by atoms with Gasteiger partial charge in [-0.1, -0.05) is 12.1 Å². The second-order valence-corrected chi connectivity index (χ2v) is 8.03. The van der Waals surface area contributed by atoms with Gasteiger partial charge in [0.25, 0.3) is 0 Å². The van der Waals surface area contributed by atoms with Gasteiger partial charge >= 0.3 is 0 Å². The summed E-state index contributed by atoms with van der Waals surface area (Å²) in [6, 6.07) is 11.5. The highest BCUT2D eigenvalue weighted by molar-refractivity contribution is 7.89. The van der Waals surface area contributed by atoms with Gasteiger partial charge in [-0.25, -0.2) is 13.1 Å². The number of ether oxygens (including phenoxy) is 1. The average molecular weight is 362 g/mol. The van der Waals surface area contributed by atoms with Crippen LogP contribution in [0.1, 0.15) is 16.7 Å². The van der Waals surface area contributed by atoms with Crippen LogP contribution in [0.25, 0.3) is 0 Å². The Labute approximate surface area is 150 Å². The lowest BCUT2D eigenvalue weighted by Gasteiger charge is -2.14. The fraction of sp³-hybridized carbons (Fsp3) is 0.368. The molecule has 0 aliphatic heterocycles. The molecule has 0 amide bonds. The Morgan fingerprint density at radius 3 is 2.24 bits per heavy atom. The van der Waals surface area contributed by atoms with Crippen LogP contribution in [-0.2, 0) is 16.4 Å². The standard InChI is InChI=1S/C19H26N2O3S/c1-14-13-19(15(2)12-18(14)24-5)25(22,23)20-11-10-16-6-8-17(9-7-16)21(3)4/h6-9,12-13,20H,10-11H2,1-5H3. The summed E-state index contributed by atoms with van der Waals surface area (Å²) in [6.07, 6.45) is 0.640. The largest absolute Gasteiger partial charge is 0.496 e. The maximum Gasteiger partial charge on any atom is 0.240 e. The van der Waals surface area contributed by atoms with Crippen molar-refractivity contribution >= 4 is 15.7 Å². The first-order valence-electron chi connectivity index (χ1n) is 8.16. The van der Waals surface area contributed by atoms with Crippen LogP contribution in [0.3, 0.4) is 0 Å². The van der Waals surface area contributed by atoms with E-state index in [1.807, 2.05) is 50.2 Å². The Morgan fingerprint density at radius 1 is 1.04 bits per heavy atom. The molecule has 0 radical (unpaired) electrons. The molecule has 136 valence electrons. The van der Waals surface area contributed by atoms with Crippen molar-refractivity contribution in [3.63, 3.8) is 0 Å². The van der Waals surface area contributed by atoms with Gasteiger partial charge in [-0.15, -0.1) is 0 Å². The van der Waals surface area contributed by atoms with Gasteiger partial charge < -0.3 is 9.64 Å². The lowest BCUT2D eigenvalue weighted by Crippen LogP contribution is -2.26. The summed E-state index contributed by atoms with van der Waals surface area (Å²) < 4.78 is 33.1. The third-order valence-electron chi connectivity index (χ3n) is 4.14. The fourth-order valence-corrected chi connectivity index (χ4v) is 3.98. The zero-order chi connectivity index (χ0) is 18.6. The third kappa shape index (κ3) is 4.74.